The van der Waals surface area contributed by atoms with Gasteiger partial charge in [-0.05, 0) is 12.0 Å². The zero-order valence-corrected chi connectivity index (χ0v) is 13.7. The monoisotopic (exact) mass is 343 g/mol. The van der Waals surface area contributed by atoms with Gasteiger partial charge in [-0.3, -0.25) is 18.4 Å². The van der Waals surface area contributed by atoms with E-state index in [1.807, 2.05) is 30.3 Å². The van der Waals surface area contributed by atoms with Gasteiger partial charge in [0.15, 0.2) is 0 Å². The van der Waals surface area contributed by atoms with Crippen LogP contribution in [0.4, 0.5) is 4.79 Å². The SMILES string of the molecule is COP(=O)(OC)OCC(=O)N1C(=O)OC[C@@H]1Cc1ccccc1. The van der Waals surface area contributed by atoms with Gasteiger partial charge in [-0.1, -0.05) is 30.3 Å². The number of ether oxygens (including phenoxy) is 1. The van der Waals surface area contributed by atoms with E-state index in [4.69, 9.17) is 9.26 Å². The highest BCUT2D eigenvalue weighted by molar-refractivity contribution is 7.48. The van der Waals surface area contributed by atoms with E-state index in [-0.39, 0.29) is 6.61 Å². The lowest BCUT2D eigenvalue weighted by Gasteiger charge is -2.20. The van der Waals surface area contributed by atoms with E-state index in [1.54, 1.807) is 0 Å². The fraction of sp³-hybridized carbons (Fsp3) is 0.429. The van der Waals surface area contributed by atoms with Crippen LogP contribution >= 0.6 is 7.82 Å². The maximum atomic E-state index is 12.2. The second-order valence-corrected chi connectivity index (χ2v) is 6.65. The van der Waals surface area contributed by atoms with Crippen molar-refractivity contribution in [3.05, 3.63) is 35.9 Å². The highest BCUT2D eigenvalue weighted by Crippen LogP contribution is 2.47. The molecule has 2 rings (SSSR count). The van der Waals surface area contributed by atoms with Crippen molar-refractivity contribution in [2.75, 3.05) is 27.4 Å². The van der Waals surface area contributed by atoms with Gasteiger partial charge in [0.1, 0.15) is 13.2 Å². The number of benzene rings is 1. The van der Waals surface area contributed by atoms with Crippen molar-refractivity contribution in [1.29, 1.82) is 0 Å². The average Bonchev–Trinajstić information content (AvgIpc) is 2.94. The van der Waals surface area contributed by atoms with E-state index in [0.29, 0.717) is 6.42 Å². The first kappa shape index (κ1) is 17.6. The molecule has 1 aliphatic rings. The number of cyclic esters (lactones) is 1. The number of imide groups is 1. The third kappa shape index (κ3) is 4.39. The molecule has 1 saturated heterocycles. The number of phosphoric ester groups is 1. The highest BCUT2D eigenvalue weighted by Gasteiger charge is 2.39. The van der Waals surface area contributed by atoms with Gasteiger partial charge in [-0.15, -0.1) is 0 Å². The van der Waals surface area contributed by atoms with Gasteiger partial charge in [0.25, 0.3) is 5.91 Å². The predicted octanol–water partition coefficient (Wildman–Crippen LogP) is 1.99. The van der Waals surface area contributed by atoms with Gasteiger partial charge < -0.3 is 4.74 Å². The number of nitrogens with zero attached hydrogens (tertiary/aromatic N) is 1. The fourth-order valence-electron chi connectivity index (χ4n) is 2.19. The Kier molecular flexibility index (Phi) is 5.90. The fourth-order valence-corrected chi connectivity index (χ4v) is 2.81. The van der Waals surface area contributed by atoms with Crippen LogP contribution in [0.2, 0.25) is 0 Å². The van der Waals surface area contributed by atoms with Gasteiger partial charge in [-0.25, -0.2) is 14.3 Å². The minimum Gasteiger partial charge on any atom is -0.447 e. The molecule has 1 aromatic carbocycles. The minimum absolute atomic E-state index is 0.103. The molecule has 0 radical (unpaired) electrons. The molecule has 1 aliphatic heterocycles. The Balaban J connectivity index is 2.01. The molecular weight excluding hydrogens is 325 g/mol. The first-order chi connectivity index (χ1) is 11.0. The van der Waals surface area contributed by atoms with Gasteiger partial charge in [-0.2, -0.15) is 0 Å². The Morgan fingerprint density at radius 2 is 1.96 bits per heavy atom. The van der Waals surface area contributed by atoms with Gasteiger partial charge >= 0.3 is 13.9 Å². The lowest BCUT2D eigenvalue weighted by molar-refractivity contribution is -0.131. The van der Waals surface area contributed by atoms with Crippen LogP contribution in [0, 0.1) is 0 Å². The van der Waals surface area contributed by atoms with Gasteiger partial charge in [0, 0.05) is 14.2 Å². The molecule has 23 heavy (non-hydrogen) atoms. The molecule has 1 aromatic rings. The van der Waals surface area contributed by atoms with Crippen molar-refractivity contribution in [1.82, 2.24) is 4.90 Å². The summed E-state index contributed by atoms with van der Waals surface area (Å²) in [4.78, 5) is 25.0. The molecule has 0 unspecified atom stereocenters. The molecule has 1 fully saturated rings. The maximum absolute atomic E-state index is 12.2. The Hall–Kier alpha value is -1.73. The smallest absolute Gasteiger partial charge is 0.447 e. The third-order valence-corrected chi connectivity index (χ3v) is 4.68. The van der Waals surface area contributed by atoms with Crippen molar-refractivity contribution in [3.63, 3.8) is 0 Å². The largest absolute Gasteiger partial charge is 0.474 e. The number of hydrogen-bond acceptors (Lipinski definition) is 7. The summed E-state index contributed by atoms with van der Waals surface area (Å²) in [7, 11) is -1.51. The van der Waals surface area contributed by atoms with Crippen LogP contribution in [0.5, 0.6) is 0 Å². The zero-order chi connectivity index (χ0) is 16.9. The van der Waals surface area contributed by atoms with Crippen LogP contribution in [-0.4, -0.2) is 50.4 Å². The van der Waals surface area contributed by atoms with Crippen molar-refractivity contribution in [2.45, 2.75) is 12.5 Å². The van der Waals surface area contributed by atoms with Crippen molar-refractivity contribution in [2.24, 2.45) is 0 Å². The number of phosphoric acid groups is 1. The molecule has 8 nitrogen and oxygen atoms in total. The Labute approximate surface area is 133 Å². The molecule has 0 aromatic heterocycles. The normalized spacial score (nSPS) is 18.1. The molecular formula is C14H18NO7P. The second-order valence-electron chi connectivity index (χ2n) is 4.77. The van der Waals surface area contributed by atoms with Gasteiger partial charge in [0.05, 0.1) is 6.04 Å². The first-order valence-corrected chi connectivity index (χ1v) is 8.34. The summed E-state index contributed by atoms with van der Waals surface area (Å²) in [6.07, 6.45) is -0.283. The first-order valence-electron chi connectivity index (χ1n) is 6.88. The molecule has 1 heterocycles. The van der Waals surface area contributed by atoms with E-state index in [2.05, 4.69) is 9.05 Å². The Morgan fingerprint density at radius 1 is 1.30 bits per heavy atom. The van der Waals surface area contributed by atoms with Crippen LogP contribution in [0.1, 0.15) is 5.56 Å². The molecule has 0 aliphatic carbocycles. The maximum Gasteiger partial charge on any atom is 0.474 e. The van der Waals surface area contributed by atoms with Crippen LogP contribution in [0.15, 0.2) is 30.3 Å². The summed E-state index contributed by atoms with van der Waals surface area (Å²) in [6.45, 7) is -0.509. The minimum atomic E-state index is -3.78. The van der Waals surface area contributed by atoms with E-state index in [1.165, 1.54) is 0 Å². The summed E-state index contributed by atoms with van der Waals surface area (Å²) in [6, 6.07) is 8.97. The topological polar surface area (TPSA) is 91.4 Å². The van der Waals surface area contributed by atoms with Crippen molar-refractivity contribution >= 4 is 19.8 Å². The second kappa shape index (κ2) is 7.70. The summed E-state index contributed by atoms with van der Waals surface area (Å²) in [5.41, 5.74) is 0.967. The van der Waals surface area contributed by atoms with Crippen LogP contribution in [0.3, 0.4) is 0 Å². The molecule has 0 saturated carbocycles. The summed E-state index contributed by atoms with van der Waals surface area (Å²) >= 11 is 0. The molecule has 1 atom stereocenters. The number of carbonyl (C=O) groups is 2. The van der Waals surface area contributed by atoms with Crippen LogP contribution in [0.25, 0.3) is 0 Å². The molecule has 0 N–H and O–H groups in total. The molecule has 0 spiro atoms. The lowest BCUT2D eigenvalue weighted by Crippen LogP contribution is -2.42. The predicted molar refractivity (Wildman–Crippen MR) is 79.7 cm³/mol. The number of amides is 2. The average molecular weight is 343 g/mol. The van der Waals surface area contributed by atoms with Crippen molar-refractivity contribution < 1.29 is 32.5 Å². The number of hydrogen-bond donors (Lipinski definition) is 0. The summed E-state index contributed by atoms with van der Waals surface area (Å²) in [5.74, 6) is -0.664. The molecule has 2 amide bonds. The number of carbonyl (C=O) groups excluding carboxylic acids is 2. The standard InChI is InChI=1S/C14H18NO7P/c1-19-23(18,20-2)22-10-13(16)15-12(9-21-14(15)17)8-11-6-4-3-5-7-11/h3-7,12H,8-10H2,1-2H3/t12-/m0/s1. The Bertz CT molecular complexity index is 598. The number of rotatable bonds is 7. The highest BCUT2D eigenvalue weighted by atomic mass is 31.2. The Morgan fingerprint density at radius 3 is 2.57 bits per heavy atom. The van der Waals surface area contributed by atoms with Crippen LogP contribution in [-0.2, 0) is 34.1 Å². The molecule has 9 heteroatoms. The summed E-state index contributed by atoms with van der Waals surface area (Å²) < 4.78 is 30.7. The van der Waals surface area contributed by atoms with Crippen LogP contribution < -0.4 is 0 Å². The van der Waals surface area contributed by atoms with E-state index >= 15 is 0 Å². The lowest BCUT2D eigenvalue weighted by atomic mass is 10.1. The van der Waals surface area contributed by atoms with E-state index in [9.17, 15) is 14.2 Å². The summed E-state index contributed by atoms with van der Waals surface area (Å²) in [5, 5.41) is 0. The third-order valence-electron chi connectivity index (χ3n) is 3.34. The quantitative estimate of drug-likeness (QED) is 0.699. The van der Waals surface area contributed by atoms with E-state index in [0.717, 1.165) is 24.7 Å². The van der Waals surface area contributed by atoms with E-state index < -0.39 is 32.5 Å². The van der Waals surface area contributed by atoms with Gasteiger partial charge in [0.2, 0.25) is 0 Å². The zero-order valence-electron chi connectivity index (χ0n) is 12.8. The molecule has 0 bridgehead atoms. The van der Waals surface area contributed by atoms with Crippen molar-refractivity contribution in [3.8, 4) is 0 Å². The molecule has 126 valence electrons.